The molecule has 0 fully saturated rings. The van der Waals surface area contributed by atoms with Gasteiger partial charge in [0, 0.05) is 16.6 Å². The molecule has 8 heteroatoms. The number of rotatable bonds is 6. The summed E-state index contributed by atoms with van der Waals surface area (Å²) in [5.74, 6) is -1.43. The van der Waals surface area contributed by atoms with Gasteiger partial charge >= 0.3 is 12.0 Å². The highest BCUT2D eigenvalue weighted by Gasteiger charge is 2.20. The average Bonchev–Trinajstić information content (AvgIpc) is 2.90. The Hall–Kier alpha value is -2.48. The lowest BCUT2D eigenvalue weighted by Crippen LogP contribution is -2.41. The number of imide groups is 1. The Morgan fingerprint density at radius 1 is 1.27 bits per heavy atom. The number of hydrogen-bond acceptors (Lipinski definition) is 5. The van der Waals surface area contributed by atoms with E-state index in [2.05, 4.69) is 10.6 Å². The van der Waals surface area contributed by atoms with Crippen LogP contribution in [-0.4, -0.2) is 31.1 Å². The molecule has 0 saturated heterocycles. The number of urea groups is 1. The van der Waals surface area contributed by atoms with Gasteiger partial charge in [0.2, 0.25) is 0 Å². The lowest BCUT2D eigenvalue weighted by atomic mass is 10.1. The number of carbonyl (C=O) groups excluding carboxylic acids is 3. The van der Waals surface area contributed by atoms with Crippen LogP contribution in [0.25, 0.3) is 10.1 Å². The second-order valence-corrected chi connectivity index (χ2v) is 7.28. The molecule has 0 aliphatic rings. The third-order valence-corrected chi connectivity index (χ3v) is 4.92. The van der Waals surface area contributed by atoms with E-state index in [4.69, 9.17) is 4.74 Å². The van der Waals surface area contributed by atoms with Crippen molar-refractivity contribution in [3.05, 3.63) is 34.5 Å². The maximum absolute atomic E-state index is 13.9. The fourth-order valence-corrected chi connectivity index (χ4v) is 3.44. The van der Waals surface area contributed by atoms with Crippen LogP contribution in [0.3, 0.4) is 0 Å². The minimum Gasteiger partial charge on any atom is -0.451 e. The van der Waals surface area contributed by atoms with E-state index in [-0.39, 0.29) is 4.88 Å². The zero-order valence-electron chi connectivity index (χ0n) is 14.8. The highest BCUT2D eigenvalue weighted by Crippen LogP contribution is 2.32. The van der Waals surface area contributed by atoms with Gasteiger partial charge in [-0.15, -0.1) is 11.3 Å². The van der Waals surface area contributed by atoms with Crippen LogP contribution in [-0.2, 0) is 9.53 Å². The first-order valence-electron chi connectivity index (χ1n) is 8.22. The maximum atomic E-state index is 13.9. The van der Waals surface area contributed by atoms with E-state index in [0.717, 1.165) is 17.8 Å². The van der Waals surface area contributed by atoms with Crippen molar-refractivity contribution in [3.8, 4) is 0 Å². The SMILES string of the molecule is Cc1c(C(=O)OCC(=O)NC(=O)NCCC(C)C)sc2cccc(F)c12. The zero-order valence-corrected chi connectivity index (χ0v) is 15.7. The van der Waals surface area contributed by atoms with Crippen LogP contribution < -0.4 is 10.6 Å². The molecule has 0 bridgehead atoms. The summed E-state index contributed by atoms with van der Waals surface area (Å²) in [5.41, 5.74) is 0.472. The smallest absolute Gasteiger partial charge is 0.349 e. The third kappa shape index (κ3) is 5.01. The molecular formula is C18H21FN2O4S. The summed E-state index contributed by atoms with van der Waals surface area (Å²) in [7, 11) is 0. The molecule has 1 heterocycles. The van der Waals surface area contributed by atoms with Crippen molar-refractivity contribution in [2.75, 3.05) is 13.2 Å². The van der Waals surface area contributed by atoms with E-state index in [0.29, 0.717) is 28.1 Å². The number of fused-ring (bicyclic) bond motifs is 1. The van der Waals surface area contributed by atoms with Crippen molar-refractivity contribution >= 4 is 39.3 Å². The summed E-state index contributed by atoms with van der Waals surface area (Å²) in [6.45, 7) is 5.52. The lowest BCUT2D eigenvalue weighted by molar-refractivity contribution is -0.123. The number of nitrogens with one attached hydrogen (secondary N) is 2. The molecule has 0 atom stereocenters. The highest BCUT2D eigenvalue weighted by molar-refractivity contribution is 7.21. The number of hydrogen-bond donors (Lipinski definition) is 2. The van der Waals surface area contributed by atoms with Gasteiger partial charge in [-0.25, -0.2) is 14.0 Å². The summed E-state index contributed by atoms with van der Waals surface area (Å²) in [4.78, 5) is 35.6. The Morgan fingerprint density at radius 3 is 2.65 bits per heavy atom. The van der Waals surface area contributed by atoms with E-state index in [1.807, 2.05) is 13.8 Å². The van der Waals surface area contributed by atoms with E-state index < -0.39 is 30.3 Å². The molecule has 0 spiro atoms. The number of amides is 3. The Morgan fingerprint density at radius 2 is 2.00 bits per heavy atom. The maximum Gasteiger partial charge on any atom is 0.349 e. The van der Waals surface area contributed by atoms with Gasteiger partial charge in [0.05, 0.1) is 0 Å². The molecule has 0 aliphatic carbocycles. The first-order valence-corrected chi connectivity index (χ1v) is 9.03. The van der Waals surface area contributed by atoms with Gasteiger partial charge in [0.15, 0.2) is 6.61 Å². The molecule has 2 N–H and O–H groups in total. The fourth-order valence-electron chi connectivity index (χ4n) is 2.33. The first kappa shape index (κ1) is 19.8. The summed E-state index contributed by atoms with van der Waals surface area (Å²) in [6, 6.07) is 3.96. The summed E-state index contributed by atoms with van der Waals surface area (Å²) >= 11 is 1.10. The number of benzene rings is 1. The predicted molar refractivity (Wildman–Crippen MR) is 97.8 cm³/mol. The van der Waals surface area contributed by atoms with Crippen LogP contribution >= 0.6 is 11.3 Å². The quantitative estimate of drug-likeness (QED) is 0.753. The van der Waals surface area contributed by atoms with Gasteiger partial charge < -0.3 is 10.1 Å². The van der Waals surface area contributed by atoms with Crippen LogP contribution in [0.1, 0.15) is 35.5 Å². The Bertz CT molecular complexity index is 832. The Balaban J connectivity index is 1.89. The van der Waals surface area contributed by atoms with Crippen molar-refractivity contribution < 1.29 is 23.5 Å². The molecule has 140 valence electrons. The molecule has 3 amide bonds. The Kier molecular flexibility index (Phi) is 6.68. The van der Waals surface area contributed by atoms with Gasteiger partial charge in [-0.3, -0.25) is 10.1 Å². The molecule has 0 saturated carbocycles. The second kappa shape index (κ2) is 8.75. The van der Waals surface area contributed by atoms with Gasteiger partial charge in [-0.05, 0) is 37.0 Å². The lowest BCUT2D eigenvalue weighted by Gasteiger charge is -2.08. The molecule has 0 radical (unpaired) electrons. The third-order valence-electron chi connectivity index (χ3n) is 3.68. The number of halogens is 1. The van der Waals surface area contributed by atoms with Gasteiger partial charge in [0.25, 0.3) is 5.91 Å². The standard InChI is InChI=1S/C18H21FN2O4S/c1-10(2)7-8-20-18(24)21-14(22)9-25-17(23)16-11(3)15-12(19)5-4-6-13(15)26-16/h4-6,10H,7-9H2,1-3H3,(H2,20,21,22,24). The van der Waals surface area contributed by atoms with E-state index >= 15 is 0 Å². The normalized spacial score (nSPS) is 10.8. The molecule has 0 aliphatic heterocycles. The van der Waals surface area contributed by atoms with Gasteiger partial charge in [-0.1, -0.05) is 19.9 Å². The molecule has 6 nitrogen and oxygen atoms in total. The summed E-state index contributed by atoms with van der Waals surface area (Å²) in [5, 5.41) is 5.01. The number of esters is 1. The Labute approximate surface area is 154 Å². The minimum atomic E-state index is -0.731. The van der Waals surface area contributed by atoms with Crippen LogP contribution in [0, 0.1) is 18.7 Å². The second-order valence-electron chi connectivity index (χ2n) is 6.23. The number of carbonyl (C=O) groups is 3. The zero-order chi connectivity index (χ0) is 19.3. The molecule has 1 aromatic heterocycles. The van der Waals surface area contributed by atoms with Crippen molar-refractivity contribution in [2.24, 2.45) is 5.92 Å². The van der Waals surface area contributed by atoms with Crippen LogP contribution in [0.4, 0.5) is 9.18 Å². The number of aryl methyl sites for hydroxylation is 1. The average molecular weight is 380 g/mol. The van der Waals surface area contributed by atoms with Gasteiger partial charge in [0.1, 0.15) is 10.7 Å². The van der Waals surface area contributed by atoms with Crippen molar-refractivity contribution in [3.63, 3.8) is 0 Å². The van der Waals surface area contributed by atoms with Gasteiger partial charge in [-0.2, -0.15) is 0 Å². The van der Waals surface area contributed by atoms with E-state index in [1.54, 1.807) is 19.1 Å². The molecule has 1 aromatic carbocycles. The molecule has 2 aromatic rings. The van der Waals surface area contributed by atoms with Crippen molar-refractivity contribution in [2.45, 2.75) is 27.2 Å². The minimum absolute atomic E-state index is 0.235. The van der Waals surface area contributed by atoms with E-state index in [9.17, 15) is 18.8 Å². The molecular weight excluding hydrogens is 359 g/mol. The molecule has 0 unspecified atom stereocenters. The van der Waals surface area contributed by atoms with Crippen LogP contribution in [0.2, 0.25) is 0 Å². The topological polar surface area (TPSA) is 84.5 Å². The van der Waals surface area contributed by atoms with Crippen molar-refractivity contribution in [1.29, 1.82) is 0 Å². The monoisotopic (exact) mass is 380 g/mol. The molecule has 2 rings (SSSR count). The predicted octanol–water partition coefficient (Wildman–Crippen LogP) is 3.38. The van der Waals surface area contributed by atoms with Crippen molar-refractivity contribution in [1.82, 2.24) is 10.6 Å². The fraction of sp³-hybridized carbons (Fsp3) is 0.389. The number of ether oxygens (including phenoxy) is 1. The summed E-state index contributed by atoms with van der Waals surface area (Å²) in [6.07, 6.45) is 0.790. The molecule has 26 heavy (non-hydrogen) atoms. The van der Waals surface area contributed by atoms with Crippen LogP contribution in [0.15, 0.2) is 18.2 Å². The highest BCUT2D eigenvalue weighted by atomic mass is 32.1. The first-order chi connectivity index (χ1) is 12.3. The van der Waals surface area contributed by atoms with Crippen LogP contribution in [0.5, 0.6) is 0 Å². The largest absolute Gasteiger partial charge is 0.451 e. The van der Waals surface area contributed by atoms with E-state index in [1.165, 1.54) is 6.07 Å². The summed E-state index contributed by atoms with van der Waals surface area (Å²) < 4.78 is 19.4. The number of thiophene rings is 1.